The summed E-state index contributed by atoms with van der Waals surface area (Å²) in [6.07, 6.45) is 1.71. The molecule has 0 spiro atoms. The van der Waals surface area contributed by atoms with Crippen LogP contribution in [0, 0.1) is 13.8 Å². The molecule has 0 radical (unpaired) electrons. The van der Waals surface area contributed by atoms with Crippen LogP contribution in [0.2, 0.25) is 0 Å². The number of aromatic nitrogens is 3. The maximum Gasteiger partial charge on any atom is 0.0796 e. The number of rotatable bonds is 2. The van der Waals surface area contributed by atoms with E-state index in [9.17, 15) is 0 Å². The van der Waals surface area contributed by atoms with Crippen LogP contribution in [0.4, 0.5) is 0 Å². The molecule has 4 nitrogen and oxygen atoms in total. The molecule has 16 heavy (non-hydrogen) atoms. The highest BCUT2D eigenvalue weighted by molar-refractivity contribution is 5.38. The van der Waals surface area contributed by atoms with Crippen LogP contribution in [0.1, 0.15) is 28.4 Å². The van der Waals surface area contributed by atoms with Crippen molar-refractivity contribution in [2.75, 3.05) is 0 Å². The van der Waals surface area contributed by atoms with Gasteiger partial charge in [0.25, 0.3) is 0 Å². The average Bonchev–Trinajstić information content (AvgIpc) is 2.68. The van der Waals surface area contributed by atoms with Gasteiger partial charge in [-0.15, -0.1) is 5.10 Å². The third-order valence-electron chi connectivity index (χ3n) is 3.05. The zero-order chi connectivity index (χ0) is 11.7. The van der Waals surface area contributed by atoms with Crippen LogP contribution in [0.25, 0.3) is 0 Å². The van der Waals surface area contributed by atoms with Gasteiger partial charge < -0.3 is 5.73 Å². The second kappa shape index (κ2) is 4.06. The van der Waals surface area contributed by atoms with Gasteiger partial charge in [-0.25, -0.2) is 0 Å². The second-order valence-corrected chi connectivity index (χ2v) is 4.05. The SMILES string of the molecule is Cc1cccc(C(N)c2cnnn2C)c1C. The number of aryl methyl sites for hydroxylation is 2. The molecule has 2 rings (SSSR count). The van der Waals surface area contributed by atoms with Crippen molar-refractivity contribution in [1.82, 2.24) is 15.0 Å². The van der Waals surface area contributed by atoms with Crippen molar-refractivity contribution in [1.29, 1.82) is 0 Å². The second-order valence-electron chi connectivity index (χ2n) is 4.05. The Kier molecular flexibility index (Phi) is 2.75. The number of benzene rings is 1. The molecular weight excluding hydrogens is 200 g/mol. The predicted octanol–water partition coefficient (Wildman–Crippen LogP) is 1.48. The lowest BCUT2D eigenvalue weighted by atomic mass is 9.96. The van der Waals surface area contributed by atoms with Crippen LogP contribution in [-0.2, 0) is 7.05 Å². The molecule has 2 aromatic rings. The van der Waals surface area contributed by atoms with E-state index in [2.05, 4.69) is 36.3 Å². The van der Waals surface area contributed by atoms with Crippen molar-refractivity contribution in [2.24, 2.45) is 12.8 Å². The maximum atomic E-state index is 6.23. The van der Waals surface area contributed by atoms with Crippen molar-refractivity contribution in [3.8, 4) is 0 Å². The molecule has 0 bridgehead atoms. The number of nitrogens with two attached hydrogens (primary N) is 1. The van der Waals surface area contributed by atoms with Crippen molar-refractivity contribution >= 4 is 0 Å². The van der Waals surface area contributed by atoms with Gasteiger partial charge in [-0.3, -0.25) is 4.68 Å². The van der Waals surface area contributed by atoms with Gasteiger partial charge in [0.2, 0.25) is 0 Å². The minimum absolute atomic E-state index is 0.167. The summed E-state index contributed by atoms with van der Waals surface area (Å²) < 4.78 is 1.71. The smallest absolute Gasteiger partial charge is 0.0796 e. The van der Waals surface area contributed by atoms with E-state index in [0.717, 1.165) is 11.3 Å². The fourth-order valence-corrected chi connectivity index (χ4v) is 1.85. The first-order valence-corrected chi connectivity index (χ1v) is 5.27. The topological polar surface area (TPSA) is 56.7 Å². The highest BCUT2D eigenvalue weighted by atomic mass is 15.4. The summed E-state index contributed by atoms with van der Waals surface area (Å²) in [6, 6.07) is 6.01. The van der Waals surface area contributed by atoms with Crippen LogP contribution in [0.3, 0.4) is 0 Å². The quantitative estimate of drug-likeness (QED) is 0.827. The third-order valence-corrected chi connectivity index (χ3v) is 3.05. The molecule has 0 saturated heterocycles. The Morgan fingerprint density at radius 3 is 2.69 bits per heavy atom. The Morgan fingerprint density at radius 2 is 2.06 bits per heavy atom. The van der Waals surface area contributed by atoms with E-state index in [4.69, 9.17) is 5.73 Å². The van der Waals surface area contributed by atoms with Gasteiger partial charge in [-0.05, 0) is 30.5 Å². The first-order chi connectivity index (χ1) is 7.61. The van der Waals surface area contributed by atoms with E-state index in [1.54, 1.807) is 10.9 Å². The molecule has 1 heterocycles. The number of nitrogens with zero attached hydrogens (tertiary/aromatic N) is 3. The fraction of sp³-hybridized carbons (Fsp3) is 0.333. The molecule has 1 atom stereocenters. The van der Waals surface area contributed by atoms with Crippen molar-refractivity contribution in [3.05, 3.63) is 46.8 Å². The van der Waals surface area contributed by atoms with E-state index in [1.165, 1.54) is 11.1 Å². The molecule has 84 valence electrons. The Hall–Kier alpha value is -1.68. The first kappa shape index (κ1) is 10.8. The van der Waals surface area contributed by atoms with Gasteiger partial charge >= 0.3 is 0 Å². The van der Waals surface area contributed by atoms with Crippen LogP contribution < -0.4 is 5.73 Å². The molecule has 0 amide bonds. The molecule has 4 heteroatoms. The Morgan fingerprint density at radius 1 is 1.31 bits per heavy atom. The zero-order valence-electron chi connectivity index (χ0n) is 9.81. The maximum absolute atomic E-state index is 6.23. The minimum atomic E-state index is -0.167. The molecule has 1 aromatic carbocycles. The molecule has 0 aliphatic rings. The number of hydrogen-bond acceptors (Lipinski definition) is 3. The predicted molar refractivity (Wildman–Crippen MR) is 62.9 cm³/mol. The first-order valence-electron chi connectivity index (χ1n) is 5.27. The summed E-state index contributed by atoms with van der Waals surface area (Å²) >= 11 is 0. The summed E-state index contributed by atoms with van der Waals surface area (Å²) in [5.41, 5.74) is 10.8. The lowest BCUT2D eigenvalue weighted by molar-refractivity contribution is 0.649. The van der Waals surface area contributed by atoms with E-state index < -0.39 is 0 Å². The van der Waals surface area contributed by atoms with Crippen LogP contribution >= 0.6 is 0 Å². The van der Waals surface area contributed by atoms with E-state index in [0.29, 0.717) is 0 Å². The van der Waals surface area contributed by atoms with Crippen molar-refractivity contribution in [3.63, 3.8) is 0 Å². The van der Waals surface area contributed by atoms with Gasteiger partial charge in [-0.2, -0.15) is 0 Å². The molecule has 0 aliphatic heterocycles. The summed E-state index contributed by atoms with van der Waals surface area (Å²) in [5.74, 6) is 0. The van der Waals surface area contributed by atoms with Crippen LogP contribution in [-0.4, -0.2) is 15.0 Å². The number of hydrogen-bond donors (Lipinski definition) is 1. The van der Waals surface area contributed by atoms with Gasteiger partial charge in [-0.1, -0.05) is 23.4 Å². The summed E-state index contributed by atoms with van der Waals surface area (Å²) in [7, 11) is 1.85. The third kappa shape index (κ3) is 1.72. The van der Waals surface area contributed by atoms with Crippen LogP contribution in [0.15, 0.2) is 24.4 Å². The fourth-order valence-electron chi connectivity index (χ4n) is 1.85. The Bertz CT molecular complexity index is 501. The molecule has 2 N–H and O–H groups in total. The molecular formula is C12H16N4. The Balaban J connectivity index is 2.46. The summed E-state index contributed by atoms with van der Waals surface area (Å²) in [5, 5.41) is 7.76. The van der Waals surface area contributed by atoms with E-state index in [1.807, 2.05) is 13.1 Å². The lowest BCUT2D eigenvalue weighted by Crippen LogP contribution is -2.17. The Labute approximate surface area is 95.1 Å². The molecule has 0 fully saturated rings. The van der Waals surface area contributed by atoms with E-state index >= 15 is 0 Å². The van der Waals surface area contributed by atoms with Crippen molar-refractivity contribution in [2.45, 2.75) is 19.9 Å². The highest BCUT2D eigenvalue weighted by Crippen LogP contribution is 2.23. The van der Waals surface area contributed by atoms with Gasteiger partial charge in [0.05, 0.1) is 17.9 Å². The minimum Gasteiger partial charge on any atom is -0.319 e. The molecule has 1 unspecified atom stereocenters. The highest BCUT2D eigenvalue weighted by Gasteiger charge is 2.15. The molecule has 0 aliphatic carbocycles. The standard InChI is InChI=1S/C12H16N4/c1-8-5-4-6-10(9(8)2)12(13)11-7-14-15-16(11)3/h4-7,12H,13H2,1-3H3. The molecule has 0 saturated carbocycles. The normalized spacial score (nSPS) is 12.8. The monoisotopic (exact) mass is 216 g/mol. The van der Waals surface area contributed by atoms with E-state index in [-0.39, 0.29) is 6.04 Å². The van der Waals surface area contributed by atoms with Crippen LogP contribution in [0.5, 0.6) is 0 Å². The zero-order valence-corrected chi connectivity index (χ0v) is 9.81. The van der Waals surface area contributed by atoms with Gasteiger partial charge in [0, 0.05) is 7.05 Å². The lowest BCUT2D eigenvalue weighted by Gasteiger charge is -2.15. The van der Waals surface area contributed by atoms with Gasteiger partial charge in [0.1, 0.15) is 0 Å². The summed E-state index contributed by atoms with van der Waals surface area (Å²) in [4.78, 5) is 0. The summed E-state index contributed by atoms with van der Waals surface area (Å²) in [6.45, 7) is 4.18. The molecule has 1 aromatic heterocycles. The van der Waals surface area contributed by atoms with Gasteiger partial charge in [0.15, 0.2) is 0 Å². The average molecular weight is 216 g/mol. The largest absolute Gasteiger partial charge is 0.319 e. The van der Waals surface area contributed by atoms with Crippen molar-refractivity contribution < 1.29 is 0 Å².